The van der Waals surface area contributed by atoms with Gasteiger partial charge < -0.3 is 9.47 Å². The van der Waals surface area contributed by atoms with Gasteiger partial charge in [-0.15, -0.1) is 0 Å². The lowest BCUT2D eigenvalue weighted by atomic mass is 10.0. The Kier molecular flexibility index (Phi) is 4.25. The lowest BCUT2D eigenvalue weighted by Gasteiger charge is -2.24. The standard InChI is InChI=1S/C20H19BrNO2/c21-20(17-9-5-2-6-10-17)19(22-11-13-23-14-12-22)15-18(24-20)16-7-3-1-4-8-16/h1-10,15H,11-14H2/q+1. The number of halogens is 1. The van der Waals surface area contributed by atoms with Crippen molar-refractivity contribution < 1.29 is 14.0 Å². The number of rotatable bonds is 2. The molecular formula is C20H19BrNO2+. The van der Waals surface area contributed by atoms with Crippen molar-refractivity contribution in [2.45, 2.75) is 4.51 Å². The third kappa shape index (κ3) is 2.80. The quantitative estimate of drug-likeness (QED) is 0.580. The molecule has 3 nitrogen and oxygen atoms in total. The van der Waals surface area contributed by atoms with Crippen molar-refractivity contribution in [1.82, 2.24) is 0 Å². The predicted molar refractivity (Wildman–Crippen MR) is 98.4 cm³/mol. The van der Waals surface area contributed by atoms with E-state index in [4.69, 9.17) is 9.47 Å². The average Bonchev–Trinajstić information content (AvgIpc) is 3.03. The van der Waals surface area contributed by atoms with Crippen molar-refractivity contribution in [1.29, 1.82) is 0 Å². The van der Waals surface area contributed by atoms with Gasteiger partial charge in [0.1, 0.15) is 19.0 Å². The fourth-order valence-electron chi connectivity index (χ4n) is 3.15. The van der Waals surface area contributed by atoms with Gasteiger partial charge in [-0.3, -0.25) is 0 Å². The molecule has 2 aromatic rings. The lowest BCUT2D eigenvalue weighted by Crippen LogP contribution is -2.39. The van der Waals surface area contributed by atoms with Crippen LogP contribution >= 0.6 is 15.9 Å². The number of alkyl halides is 1. The van der Waals surface area contributed by atoms with E-state index in [0.717, 1.165) is 48.9 Å². The monoisotopic (exact) mass is 384 g/mol. The summed E-state index contributed by atoms with van der Waals surface area (Å²) < 4.78 is 13.7. The first-order chi connectivity index (χ1) is 11.8. The first kappa shape index (κ1) is 15.6. The maximum Gasteiger partial charge on any atom is 0.271 e. The van der Waals surface area contributed by atoms with Gasteiger partial charge in [0.2, 0.25) is 5.71 Å². The molecule has 1 fully saturated rings. The summed E-state index contributed by atoms with van der Waals surface area (Å²) in [6.45, 7) is 3.24. The Morgan fingerprint density at radius 2 is 1.50 bits per heavy atom. The van der Waals surface area contributed by atoms with E-state index in [1.807, 2.05) is 36.4 Å². The van der Waals surface area contributed by atoms with Gasteiger partial charge in [-0.25, -0.2) is 4.58 Å². The van der Waals surface area contributed by atoms with E-state index in [-0.39, 0.29) is 0 Å². The highest BCUT2D eigenvalue weighted by molar-refractivity contribution is 9.10. The van der Waals surface area contributed by atoms with Gasteiger partial charge in [0.25, 0.3) is 4.51 Å². The highest BCUT2D eigenvalue weighted by Crippen LogP contribution is 2.44. The molecule has 24 heavy (non-hydrogen) atoms. The van der Waals surface area contributed by atoms with E-state index in [1.54, 1.807) is 0 Å². The Balaban J connectivity index is 1.82. The minimum Gasteiger partial charge on any atom is -0.460 e. The first-order valence-electron chi connectivity index (χ1n) is 8.18. The molecule has 2 heterocycles. The van der Waals surface area contributed by atoms with Gasteiger partial charge >= 0.3 is 0 Å². The van der Waals surface area contributed by atoms with E-state index >= 15 is 0 Å². The van der Waals surface area contributed by atoms with Gasteiger partial charge in [0, 0.05) is 11.1 Å². The third-order valence-corrected chi connectivity index (χ3v) is 5.43. The molecule has 0 N–H and O–H groups in total. The number of hydrogen-bond donors (Lipinski definition) is 0. The van der Waals surface area contributed by atoms with Crippen LogP contribution in [0.4, 0.5) is 0 Å². The fraction of sp³-hybridized carbons (Fsp3) is 0.250. The SMILES string of the molecule is BrC1(c2ccccc2)OC(c2ccccc2)=CC1=[N+]1CCOCC1. The molecule has 0 saturated carbocycles. The van der Waals surface area contributed by atoms with E-state index in [9.17, 15) is 0 Å². The zero-order chi connectivity index (χ0) is 16.4. The molecule has 2 aromatic carbocycles. The molecule has 1 saturated heterocycles. The summed E-state index contributed by atoms with van der Waals surface area (Å²) in [5, 5.41) is 0. The number of morpholine rings is 1. The maximum absolute atomic E-state index is 6.45. The summed E-state index contributed by atoms with van der Waals surface area (Å²) >= 11 is 3.90. The number of ether oxygens (including phenoxy) is 2. The van der Waals surface area contributed by atoms with Crippen molar-refractivity contribution in [2.24, 2.45) is 0 Å². The molecule has 0 amide bonds. The minimum atomic E-state index is -0.656. The van der Waals surface area contributed by atoms with Crippen molar-refractivity contribution in [3.63, 3.8) is 0 Å². The first-order valence-corrected chi connectivity index (χ1v) is 8.97. The second kappa shape index (κ2) is 6.54. The Morgan fingerprint density at radius 1 is 0.875 bits per heavy atom. The van der Waals surface area contributed by atoms with Crippen molar-refractivity contribution >= 4 is 27.4 Å². The van der Waals surface area contributed by atoms with Gasteiger partial charge in [-0.2, -0.15) is 0 Å². The van der Waals surface area contributed by atoms with Gasteiger partial charge in [0.15, 0.2) is 13.1 Å². The Bertz CT molecular complexity index is 778. The third-order valence-electron chi connectivity index (χ3n) is 4.40. The topological polar surface area (TPSA) is 21.5 Å². The molecule has 0 aliphatic carbocycles. The highest BCUT2D eigenvalue weighted by Gasteiger charge is 2.48. The molecule has 2 aliphatic heterocycles. The smallest absolute Gasteiger partial charge is 0.271 e. The summed E-state index contributed by atoms with van der Waals surface area (Å²) in [6.07, 6.45) is 2.16. The van der Waals surface area contributed by atoms with Gasteiger partial charge in [-0.05, 0) is 15.9 Å². The number of hydrogen-bond acceptors (Lipinski definition) is 2. The molecule has 0 spiro atoms. The van der Waals surface area contributed by atoms with Crippen LogP contribution < -0.4 is 0 Å². The summed E-state index contributed by atoms with van der Waals surface area (Å²) in [5.41, 5.74) is 3.31. The fourth-order valence-corrected chi connectivity index (χ4v) is 3.96. The summed E-state index contributed by atoms with van der Waals surface area (Å²) in [6, 6.07) is 20.5. The van der Waals surface area contributed by atoms with Crippen LogP contribution in [-0.4, -0.2) is 36.6 Å². The van der Waals surface area contributed by atoms with Crippen LogP contribution in [0.3, 0.4) is 0 Å². The Hall–Kier alpha value is -1.91. The van der Waals surface area contributed by atoms with Crippen LogP contribution in [-0.2, 0) is 14.0 Å². The molecule has 0 bridgehead atoms. The Labute approximate surface area is 150 Å². The summed E-state index contributed by atoms with van der Waals surface area (Å²) in [4.78, 5) is 0. The summed E-state index contributed by atoms with van der Waals surface area (Å²) in [5.74, 6) is 0.887. The summed E-state index contributed by atoms with van der Waals surface area (Å²) in [7, 11) is 0. The largest absolute Gasteiger partial charge is 0.460 e. The second-order valence-corrected chi connectivity index (χ2v) is 7.04. The van der Waals surface area contributed by atoms with Crippen LogP contribution in [0.5, 0.6) is 0 Å². The van der Waals surface area contributed by atoms with E-state index in [0.29, 0.717) is 0 Å². The van der Waals surface area contributed by atoms with Crippen molar-refractivity contribution in [2.75, 3.05) is 26.3 Å². The number of nitrogens with zero attached hydrogens (tertiary/aromatic N) is 1. The zero-order valence-corrected chi connectivity index (χ0v) is 14.9. The van der Waals surface area contributed by atoms with Crippen LogP contribution in [0.15, 0.2) is 66.7 Å². The molecule has 2 aliphatic rings. The normalized spacial score (nSPS) is 23.8. The number of benzene rings is 2. The Morgan fingerprint density at radius 3 is 2.17 bits per heavy atom. The van der Waals surface area contributed by atoms with Crippen LogP contribution in [0.2, 0.25) is 0 Å². The molecule has 4 rings (SSSR count). The molecule has 1 unspecified atom stereocenters. The molecule has 1 atom stereocenters. The van der Waals surface area contributed by atoms with Gasteiger partial charge in [-0.1, -0.05) is 60.7 Å². The van der Waals surface area contributed by atoms with Crippen LogP contribution in [0.1, 0.15) is 11.1 Å². The van der Waals surface area contributed by atoms with Crippen LogP contribution in [0.25, 0.3) is 5.76 Å². The molecule has 4 heteroatoms. The lowest BCUT2D eigenvalue weighted by molar-refractivity contribution is -0.551. The van der Waals surface area contributed by atoms with E-state index in [2.05, 4.69) is 50.8 Å². The maximum atomic E-state index is 6.45. The molecule has 122 valence electrons. The van der Waals surface area contributed by atoms with Crippen molar-refractivity contribution in [3.8, 4) is 0 Å². The molecular weight excluding hydrogens is 366 g/mol. The van der Waals surface area contributed by atoms with Crippen molar-refractivity contribution in [3.05, 3.63) is 77.9 Å². The zero-order valence-electron chi connectivity index (χ0n) is 13.3. The minimum absolute atomic E-state index is 0.656. The average molecular weight is 385 g/mol. The van der Waals surface area contributed by atoms with Crippen LogP contribution in [0, 0.1) is 0 Å². The van der Waals surface area contributed by atoms with Gasteiger partial charge in [0.05, 0.1) is 6.08 Å². The predicted octanol–water partition coefficient (Wildman–Crippen LogP) is 3.79. The molecule has 0 aromatic heterocycles. The second-order valence-electron chi connectivity index (χ2n) is 5.92. The van der Waals surface area contributed by atoms with E-state index in [1.165, 1.54) is 0 Å². The molecule has 0 radical (unpaired) electrons. The highest BCUT2D eigenvalue weighted by atomic mass is 79.9. The van der Waals surface area contributed by atoms with E-state index < -0.39 is 4.51 Å².